The van der Waals surface area contributed by atoms with Gasteiger partial charge in [0.05, 0.1) is 23.8 Å². The molecule has 0 saturated heterocycles. The topological polar surface area (TPSA) is 63.7 Å². The zero-order chi connectivity index (χ0) is 21.5. The van der Waals surface area contributed by atoms with E-state index >= 15 is 0 Å². The van der Waals surface area contributed by atoms with Crippen LogP contribution in [0.25, 0.3) is 0 Å². The summed E-state index contributed by atoms with van der Waals surface area (Å²) in [6.07, 6.45) is 4.33. The highest BCUT2D eigenvalue weighted by Gasteiger charge is 2.45. The molecule has 0 bridgehead atoms. The summed E-state index contributed by atoms with van der Waals surface area (Å²) in [6.45, 7) is 4.37. The fourth-order valence-corrected chi connectivity index (χ4v) is 5.03. The molecule has 0 spiro atoms. The van der Waals surface area contributed by atoms with Gasteiger partial charge < -0.3 is 4.74 Å². The zero-order valence-electron chi connectivity index (χ0n) is 17.4. The van der Waals surface area contributed by atoms with E-state index in [0.29, 0.717) is 42.2 Å². The third-order valence-electron chi connectivity index (χ3n) is 6.71. The quantitative estimate of drug-likeness (QED) is 0.556. The van der Waals surface area contributed by atoms with Crippen LogP contribution in [0.2, 0.25) is 0 Å². The number of amides is 2. The van der Waals surface area contributed by atoms with Gasteiger partial charge in [0, 0.05) is 6.42 Å². The first-order chi connectivity index (χ1) is 15.0. The lowest BCUT2D eigenvalue weighted by atomic mass is 9.84. The molecule has 2 aliphatic carbocycles. The Labute approximate surface area is 181 Å². The van der Waals surface area contributed by atoms with Crippen LogP contribution in [0.1, 0.15) is 57.5 Å². The Balaban J connectivity index is 1.34. The van der Waals surface area contributed by atoms with E-state index in [4.69, 9.17) is 4.74 Å². The maximum Gasteiger partial charge on any atom is 0.266 e. The summed E-state index contributed by atoms with van der Waals surface area (Å²) < 4.78 is 6.10. The second kappa shape index (κ2) is 7.80. The van der Waals surface area contributed by atoms with E-state index < -0.39 is 17.9 Å². The Bertz CT molecular complexity index is 1100. The summed E-state index contributed by atoms with van der Waals surface area (Å²) in [5.74, 6) is -0.141. The van der Waals surface area contributed by atoms with Crippen molar-refractivity contribution in [2.75, 3.05) is 6.61 Å². The molecule has 2 aromatic rings. The number of ketones is 1. The molecular formula is C26H25NO4. The molecule has 1 aliphatic heterocycles. The Morgan fingerprint density at radius 1 is 0.935 bits per heavy atom. The smallest absolute Gasteiger partial charge is 0.266 e. The molecule has 0 aromatic heterocycles. The zero-order valence-corrected chi connectivity index (χ0v) is 17.4. The minimum absolute atomic E-state index is 0.117. The Morgan fingerprint density at radius 3 is 2.55 bits per heavy atom. The highest BCUT2D eigenvalue weighted by Crippen LogP contribution is 2.36. The van der Waals surface area contributed by atoms with E-state index in [0.717, 1.165) is 29.7 Å². The number of aryl methyl sites for hydroxylation is 1. The molecule has 5 rings (SSSR count). The molecule has 0 N–H and O–H groups in total. The molecule has 0 radical (unpaired) electrons. The van der Waals surface area contributed by atoms with Crippen LogP contribution < -0.4 is 4.74 Å². The van der Waals surface area contributed by atoms with Gasteiger partial charge in [0.15, 0.2) is 5.78 Å². The van der Waals surface area contributed by atoms with Crippen molar-refractivity contribution in [3.8, 4) is 5.75 Å². The van der Waals surface area contributed by atoms with Gasteiger partial charge in [-0.2, -0.15) is 0 Å². The first-order valence-corrected chi connectivity index (χ1v) is 10.9. The van der Waals surface area contributed by atoms with Crippen LogP contribution in [0.15, 0.2) is 54.6 Å². The Morgan fingerprint density at radius 2 is 1.74 bits per heavy atom. The highest BCUT2D eigenvalue weighted by molar-refractivity contribution is 6.24. The predicted octanol–water partition coefficient (Wildman–Crippen LogP) is 4.14. The van der Waals surface area contributed by atoms with E-state index in [9.17, 15) is 14.4 Å². The maximum absolute atomic E-state index is 13.2. The van der Waals surface area contributed by atoms with Crippen LogP contribution in [0.4, 0.5) is 0 Å². The molecular weight excluding hydrogens is 390 g/mol. The second-order valence-corrected chi connectivity index (χ2v) is 8.80. The van der Waals surface area contributed by atoms with Crippen molar-refractivity contribution in [1.29, 1.82) is 0 Å². The molecule has 31 heavy (non-hydrogen) atoms. The van der Waals surface area contributed by atoms with Crippen molar-refractivity contribution in [2.24, 2.45) is 5.92 Å². The maximum atomic E-state index is 13.2. The summed E-state index contributed by atoms with van der Waals surface area (Å²) in [7, 11) is 0. The lowest BCUT2D eigenvalue weighted by Crippen LogP contribution is -2.46. The third kappa shape index (κ3) is 3.48. The van der Waals surface area contributed by atoms with E-state index in [1.165, 1.54) is 11.1 Å². The lowest BCUT2D eigenvalue weighted by Gasteiger charge is -2.29. The first kappa shape index (κ1) is 19.7. The number of carbonyl (C=O) groups is 3. The van der Waals surface area contributed by atoms with E-state index in [1.807, 2.05) is 0 Å². The molecule has 1 fully saturated rings. The fourth-order valence-electron chi connectivity index (χ4n) is 5.03. The van der Waals surface area contributed by atoms with Crippen molar-refractivity contribution >= 4 is 17.6 Å². The van der Waals surface area contributed by atoms with Crippen molar-refractivity contribution < 1.29 is 19.1 Å². The SMILES string of the molecule is C=C1CCC(N2C(=O)c3cccc(OCC4CCc5ccccc5C4)c3C2=O)C(=O)C1. The third-order valence-corrected chi connectivity index (χ3v) is 6.71. The second-order valence-electron chi connectivity index (χ2n) is 8.80. The first-order valence-electron chi connectivity index (χ1n) is 10.9. The average Bonchev–Trinajstić information content (AvgIpc) is 3.03. The van der Waals surface area contributed by atoms with Crippen LogP contribution in [-0.4, -0.2) is 35.1 Å². The summed E-state index contributed by atoms with van der Waals surface area (Å²) >= 11 is 0. The Hall–Kier alpha value is -3.21. The number of hydrogen-bond donors (Lipinski definition) is 0. The number of nitrogens with zero attached hydrogens (tertiary/aromatic N) is 1. The lowest BCUT2D eigenvalue weighted by molar-refractivity contribution is -0.123. The normalized spacial score (nSPS) is 23.0. The number of fused-ring (bicyclic) bond motifs is 2. The largest absolute Gasteiger partial charge is 0.492 e. The standard InChI is InChI=1S/C26H25NO4/c1-16-9-12-21(22(28)13-16)27-25(29)20-7-4-8-23(24(20)26(27)30)31-15-17-10-11-18-5-2-3-6-19(18)14-17/h2-8,17,21H,1,9-15H2. The van der Waals surface area contributed by atoms with Gasteiger partial charge in [0.1, 0.15) is 5.75 Å². The van der Waals surface area contributed by atoms with Gasteiger partial charge in [-0.3, -0.25) is 19.3 Å². The molecule has 158 valence electrons. The van der Waals surface area contributed by atoms with Crippen molar-refractivity contribution in [2.45, 2.75) is 44.6 Å². The number of Topliss-reactive ketones (excluding diaryl/α,β-unsaturated/α-hetero) is 1. The molecule has 2 aromatic carbocycles. The molecule has 5 nitrogen and oxygen atoms in total. The van der Waals surface area contributed by atoms with Crippen LogP contribution in [-0.2, 0) is 17.6 Å². The van der Waals surface area contributed by atoms with E-state index in [2.05, 4.69) is 30.8 Å². The molecule has 1 saturated carbocycles. The summed E-state index contributed by atoms with van der Waals surface area (Å²) in [4.78, 5) is 39.9. The van der Waals surface area contributed by atoms with Crippen molar-refractivity contribution in [3.05, 3.63) is 76.9 Å². The summed E-state index contributed by atoms with van der Waals surface area (Å²) in [5.41, 5.74) is 4.23. The monoisotopic (exact) mass is 415 g/mol. The van der Waals surface area contributed by atoms with Gasteiger partial charge in [-0.05, 0) is 61.3 Å². The molecule has 2 unspecified atom stereocenters. The molecule has 1 heterocycles. The van der Waals surface area contributed by atoms with E-state index in [-0.39, 0.29) is 12.2 Å². The number of allylic oxidation sites excluding steroid dienone is 1. The average molecular weight is 415 g/mol. The van der Waals surface area contributed by atoms with Crippen LogP contribution in [0.3, 0.4) is 0 Å². The van der Waals surface area contributed by atoms with Crippen molar-refractivity contribution in [3.63, 3.8) is 0 Å². The van der Waals surface area contributed by atoms with Crippen LogP contribution >= 0.6 is 0 Å². The summed E-state index contributed by atoms with van der Waals surface area (Å²) in [5, 5.41) is 0. The number of benzene rings is 2. The van der Waals surface area contributed by atoms with Gasteiger partial charge in [-0.1, -0.05) is 42.5 Å². The number of carbonyl (C=O) groups excluding carboxylic acids is 3. The van der Waals surface area contributed by atoms with Gasteiger partial charge in [-0.25, -0.2) is 0 Å². The number of hydrogen-bond acceptors (Lipinski definition) is 4. The molecule has 2 amide bonds. The molecule has 2 atom stereocenters. The van der Waals surface area contributed by atoms with Gasteiger partial charge in [0.2, 0.25) is 0 Å². The van der Waals surface area contributed by atoms with Gasteiger partial charge >= 0.3 is 0 Å². The highest BCUT2D eigenvalue weighted by atomic mass is 16.5. The minimum atomic E-state index is -0.708. The van der Waals surface area contributed by atoms with Gasteiger partial charge in [0.25, 0.3) is 11.8 Å². The van der Waals surface area contributed by atoms with Crippen LogP contribution in [0.5, 0.6) is 5.75 Å². The fraction of sp³-hybridized carbons (Fsp3) is 0.346. The predicted molar refractivity (Wildman–Crippen MR) is 116 cm³/mol. The van der Waals surface area contributed by atoms with E-state index in [1.54, 1.807) is 18.2 Å². The number of ether oxygens (including phenoxy) is 1. The van der Waals surface area contributed by atoms with Gasteiger partial charge in [-0.15, -0.1) is 0 Å². The minimum Gasteiger partial charge on any atom is -0.492 e. The van der Waals surface area contributed by atoms with Crippen molar-refractivity contribution in [1.82, 2.24) is 4.90 Å². The number of imide groups is 1. The molecule has 5 heteroatoms. The summed E-state index contributed by atoms with van der Waals surface area (Å²) in [6, 6.07) is 12.9. The van der Waals surface area contributed by atoms with Crippen LogP contribution in [0, 0.1) is 5.92 Å². The Kier molecular flexibility index (Phi) is 4.97. The number of rotatable bonds is 4. The molecule has 3 aliphatic rings.